The molecule has 4 nitrogen and oxygen atoms in total. The molecule has 1 aliphatic heterocycles. The standard InChI is InChI=1S/C12H13N3O/c1-9-5-12(16)15(7-9)8-10-3-2-4-14-11(10)6-13/h2-4,9H,5,7-8H2,1H3. The topological polar surface area (TPSA) is 57.0 Å². The molecule has 1 aliphatic rings. The van der Waals surface area contributed by atoms with Crippen molar-refractivity contribution in [2.75, 3.05) is 6.54 Å². The summed E-state index contributed by atoms with van der Waals surface area (Å²) in [6, 6.07) is 5.69. The van der Waals surface area contributed by atoms with E-state index in [-0.39, 0.29) is 5.91 Å². The number of nitriles is 1. The first-order valence-electron chi connectivity index (χ1n) is 5.32. The van der Waals surface area contributed by atoms with Gasteiger partial charge in [0.2, 0.25) is 5.91 Å². The smallest absolute Gasteiger partial charge is 0.223 e. The lowest BCUT2D eigenvalue weighted by Crippen LogP contribution is -2.25. The fourth-order valence-corrected chi connectivity index (χ4v) is 1.99. The highest BCUT2D eigenvalue weighted by molar-refractivity contribution is 5.78. The zero-order valence-electron chi connectivity index (χ0n) is 9.18. The van der Waals surface area contributed by atoms with Crippen molar-refractivity contribution in [2.45, 2.75) is 19.9 Å². The average Bonchev–Trinajstić information content (AvgIpc) is 2.58. The quantitative estimate of drug-likeness (QED) is 0.747. The zero-order valence-corrected chi connectivity index (χ0v) is 9.18. The highest BCUT2D eigenvalue weighted by Crippen LogP contribution is 2.19. The van der Waals surface area contributed by atoms with E-state index >= 15 is 0 Å². The van der Waals surface area contributed by atoms with Crippen LogP contribution in [0.1, 0.15) is 24.6 Å². The number of likely N-dealkylation sites (tertiary alicyclic amines) is 1. The minimum Gasteiger partial charge on any atom is -0.338 e. The van der Waals surface area contributed by atoms with Crippen LogP contribution in [0.3, 0.4) is 0 Å². The third-order valence-electron chi connectivity index (χ3n) is 2.77. The van der Waals surface area contributed by atoms with Gasteiger partial charge in [-0.15, -0.1) is 0 Å². The number of aromatic nitrogens is 1. The molecule has 0 N–H and O–H groups in total. The van der Waals surface area contributed by atoms with Gasteiger partial charge < -0.3 is 4.90 Å². The summed E-state index contributed by atoms with van der Waals surface area (Å²) >= 11 is 0. The van der Waals surface area contributed by atoms with Gasteiger partial charge in [-0.1, -0.05) is 13.0 Å². The lowest BCUT2D eigenvalue weighted by molar-refractivity contribution is -0.128. The van der Waals surface area contributed by atoms with Crippen LogP contribution in [0.5, 0.6) is 0 Å². The number of hydrogen-bond donors (Lipinski definition) is 0. The second-order valence-electron chi connectivity index (χ2n) is 4.21. The van der Waals surface area contributed by atoms with Gasteiger partial charge in [0.15, 0.2) is 0 Å². The minimum atomic E-state index is 0.167. The molecule has 2 rings (SSSR count). The molecule has 1 atom stereocenters. The van der Waals surface area contributed by atoms with E-state index in [1.54, 1.807) is 17.2 Å². The third kappa shape index (κ3) is 2.03. The van der Waals surface area contributed by atoms with Crippen LogP contribution in [-0.4, -0.2) is 22.3 Å². The maximum Gasteiger partial charge on any atom is 0.223 e. The normalized spacial score (nSPS) is 19.9. The van der Waals surface area contributed by atoms with Gasteiger partial charge in [0, 0.05) is 31.3 Å². The molecule has 1 fully saturated rings. The van der Waals surface area contributed by atoms with E-state index < -0.39 is 0 Å². The molecule has 2 heterocycles. The van der Waals surface area contributed by atoms with E-state index in [9.17, 15) is 4.79 Å². The fourth-order valence-electron chi connectivity index (χ4n) is 1.99. The SMILES string of the molecule is CC1CC(=O)N(Cc2cccnc2C#N)C1. The van der Waals surface area contributed by atoms with Crippen LogP contribution in [0.15, 0.2) is 18.3 Å². The molecule has 4 heteroatoms. The Labute approximate surface area is 94.5 Å². The van der Waals surface area contributed by atoms with Crippen LogP contribution in [0.25, 0.3) is 0 Å². The van der Waals surface area contributed by atoms with Crippen molar-refractivity contribution in [3.8, 4) is 6.07 Å². The van der Waals surface area contributed by atoms with Gasteiger partial charge in [-0.2, -0.15) is 5.26 Å². The van der Waals surface area contributed by atoms with Gasteiger partial charge in [-0.25, -0.2) is 4.98 Å². The van der Waals surface area contributed by atoms with Crippen LogP contribution >= 0.6 is 0 Å². The van der Waals surface area contributed by atoms with Crippen molar-refractivity contribution in [3.63, 3.8) is 0 Å². The molecular weight excluding hydrogens is 202 g/mol. The molecule has 16 heavy (non-hydrogen) atoms. The maximum absolute atomic E-state index is 11.6. The van der Waals surface area contributed by atoms with E-state index in [1.807, 2.05) is 12.1 Å². The molecule has 0 spiro atoms. The Morgan fingerprint density at radius 3 is 3.12 bits per heavy atom. The summed E-state index contributed by atoms with van der Waals surface area (Å²) < 4.78 is 0. The highest BCUT2D eigenvalue weighted by Gasteiger charge is 2.26. The van der Waals surface area contributed by atoms with Gasteiger partial charge >= 0.3 is 0 Å². The summed E-state index contributed by atoms with van der Waals surface area (Å²) in [5.74, 6) is 0.579. The molecule has 1 aromatic rings. The Balaban J connectivity index is 2.16. The first-order valence-corrected chi connectivity index (χ1v) is 5.32. The number of pyridine rings is 1. The molecule has 0 bridgehead atoms. The molecule has 0 radical (unpaired) electrons. The molecule has 1 saturated heterocycles. The predicted molar refractivity (Wildman–Crippen MR) is 58.2 cm³/mol. The van der Waals surface area contributed by atoms with E-state index in [4.69, 9.17) is 5.26 Å². The number of rotatable bonds is 2. The van der Waals surface area contributed by atoms with Gasteiger partial charge in [-0.3, -0.25) is 4.79 Å². The first-order chi connectivity index (χ1) is 7.70. The second kappa shape index (κ2) is 4.31. The Hall–Kier alpha value is -1.89. The van der Waals surface area contributed by atoms with E-state index in [2.05, 4.69) is 11.9 Å². The molecule has 0 aliphatic carbocycles. The molecule has 1 aromatic heterocycles. The van der Waals surface area contributed by atoms with Crippen molar-refractivity contribution in [1.82, 2.24) is 9.88 Å². The first kappa shape index (κ1) is 10.6. The van der Waals surface area contributed by atoms with Crippen LogP contribution in [-0.2, 0) is 11.3 Å². The molecular formula is C12H13N3O. The maximum atomic E-state index is 11.6. The number of carbonyl (C=O) groups is 1. The summed E-state index contributed by atoms with van der Waals surface area (Å²) in [5, 5.41) is 8.89. The van der Waals surface area contributed by atoms with Crippen LogP contribution in [0.2, 0.25) is 0 Å². The Morgan fingerprint density at radius 2 is 2.50 bits per heavy atom. The zero-order chi connectivity index (χ0) is 11.5. The summed E-state index contributed by atoms with van der Waals surface area (Å²) in [5.41, 5.74) is 1.24. The lowest BCUT2D eigenvalue weighted by atomic mass is 10.1. The van der Waals surface area contributed by atoms with Gasteiger partial charge in [-0.05, 0) is 12.0 Å². The lowest BCUT2D eigenvalue weighted by Gasteiger charge is -2.16. The summed E-state index contributed by atoms with van der Waals surface area (Å²) in [6.07, 6.45) is 2.21. The summed E-state index contributed by atoms with van der Waals surface area (Å²) in [4.78, 5) is 17.4. The predicted octanol–water partition coefficient (Wildman–Crippen LogP) is 1.32. The number of carbonyl (C=O) groups excluding carboxylic acids is 1. The van der Waals surface area contributed by atoms with Crippen LogP contribution in [0, 0.1) is 17.2 Å². The third-order valence-corrected chi connectivity index (χ3v) is 2.77. The number of nitrogens with zero attached hydrogens (tertiary/aromatic N) is 3. The van der Waals surface area contributed by atoms with E-state index in [0.717, 1.165) is 12.1 Å². The number of hydrogen-bond acceptors (Lipinski definition) is 3. The highest BCUT2D eigenvalue weighted by atomic mass is 16.2. The van der Waals surface area contributed by atoms with Gasteiger partial charge in [0.1, 0.15) is 11.8 Å². The van der Waals surface area contributed by atoms with Crippen molar-refractivity contribution < 1.29 is 4.79 Å². The van der Waals surface area contributed by atoms with Crippen molar-refractivity contribution in [3.05, 3.63) is 29.6 Å². The fraction of sp³-hybridized carbons (Fsp3) is 0.417. The van der Waals surface area contributed by atoms with Crippen LogP contribution in [0.4, 0.5) is 0 Å². The molecule has 82 valence electrons. The second-order valence-corrected chi connectivity index (χ2v) is 4.21. The molecule has 0 saturated carbocycles. The Bertz CT molecular complexity index is 450. The van der Waals surface area contributed by atoms with Gasteiger partial charge in [0.25, 0.3) is 0 Å². The van der Waals surface area contributed by atoms with E-state index in [0.29, 0.717) is 24.6 Å². The number of amides is 1. The largest absolute Gasteiger partial charge is 0.338 e. The monoisotopic (exact) mass is 215 g/mol. The molecule has 0 aromatic carbocycles. The molecule has 1 unspecified atom stereocenters. The van der Waals surface area contributed by atoms with Crippen molar-refractivity contribution in [2.24, 2.45) is 5.92 Å². The Kier molecular flexibility index (Phi) is 2.86. The van der Waals surface area contributed by atoms with Crippen molar-refractivity contribution in [1.29, 1.82) is 5.26 Å². The van der Waals surface area contributed by atoms with Gasteiger partial charge in [0.05, 0.1) is 0 Å². The average molecular weight is 215 g/mol. The van der Waals surface area contributed by atoms with Crippen LogP contribution < -0.4 is 0 Å². The summed E-state index contributed by atoms with van der Waals surface area (Å²) in [7, 11) is 0. The molecule has 1 amide bonds. The van der Waals surface area contributed by atoms with Crippen molar-refractivity contribution >= 4 is 5.91 Å². The minimum absolute atomic E-state index is 0.167. The van der Waals surface area contributed by atoms with E-state index in [1.165, 1.54) is 0 Å². The Morgan fingerprint density at radius 1 is 1.69 bits per heavy atom. The summed E-state index contributed by atoms with van der Waals surface area (Å²) in [6.45, 7) is 3.34.